The van der Waals surface area contributed by atoms with Crippen molar-refractivity contribution < 1.29 is 9.18 Å². The van der Waals surface area contributed by atoms with Crippen LogP contribution in [0.1, 0.15) is 42.6 Å². The van der Waals surface area contributed by atoms with Gasteiger partial charge < -0.3 is 9.80 Å². The van der Waals surface area contributed by atoms with Crippen molar-refractivity contribution in [1.29, 1.82) is 0 Å². The lowest BCUT2D eigenvalue weighted by Gasteiger charge is -2.21. The quantitative estimate of drug-likeness (QED) is 0.591. The maximum atomic E-state index is 14.1. The highest BCUT2D eigenvalue weighted by atomic mass is 19.1. The number of nitrogens with zero attached hydrogens (tertiary/aromatic N) is 4. The molecule has 1 aliphatic carbocycles. The van der Waals surface area contributed by atoms with E-state index < -0.39 is 0 Å². The second-order valence-corrected chi connectivity index (χ2v) is 8.33. The van der Waals surface area contributed by atoms with Crippen LogP contribution in [0, 0.1) is 5.82 Å². The van der Waals surface area contributed by atoms with Gasteiger partial charge in [0.25, 0.3) is 5.91 Å². The Hall–Kier alpha value is -3.28. The van der Waals surface area contributed by atoms with Crippen molar-refractivity contribution in [2.24, 2.45) is 0 Å². The molecule has 0 saturated heterocycles. The maximum absolute atomic E-state index is 14.1. The van der Waals surface area contributed by atoms with Gasteiger partial charge in [-0.25, -0.2) is 14.4 Å². The molecule has 0 N–H and O–H groups in total. The van der Waals surface area contributed by atoms with E-state index in [0.717, 1.165) is 25.1 Å². The molecule has 1 saturated carbocycles. The summed E-state index contributed by atoms with van der Waals surface area (Å²) in [5.74, 6) is 0.333. The lowest BCUT2D eigenvalue weighted by Crippen LogP contribution is -2.30. The molecule has 0 atom stereocenters. The first-order valence-corrected chi connectivity index (χ1v) is 10.8. The van der Waals surface area contributed by atoms with E-state index in [4.69, 9.17) is 0 Å². The molecular formula is C25H25FN4O. The number of benzene rings is 2. The highest BCUT2D eigenvalue weighted by Crippen LogP contribution is 2.57. The number of hydrogen-bond donors (Lipinski definition) is 0. The fourth-order valence-electron chi connectivity index (χ4n) is 4.55. The van der Waals surface area contributed by atoms with Crippen LogP contribution in [0.4, 0.5) is 16.0 Å². The number of fused-ring (bicyclic) bond motifs is 2. The number of halogens is 1. The Morgan fingerprint density at radius 1 is 1.10 bits per heavy atom. The smallest absolute Gasteiger partial charge is 0.253 e. The van der Waals surface area contributed by atoms with Gasteiger partial charge >= 0.3 is 0 Å². The van der Waals surface area contributed by atoms with Crippen molar-refractivity contribution >= 4 is 17.5 Å². The minimum absolute atomic E-state index is 0.0420. The van der Waals surface area contributed by atoms with E-state index in [1.165, 1.54) is 11.6 Å². The number of hydrogen-bond acceptors (Lipinski definition) is 4. The van der Waals surface area contributed by atoms with Crippen LogP contribution < -0.4 is 4.90 Å². The van der Waals surface area contributed by atoms with Crippen LogP contribution in [-0.4, -0.2) is 40.4 Å². The molecule has 1 aromatic heterocycles. The van der Waals surface area contributed by atoms with E-state index in [-0.39, 0.29) is 17.1 Å². The summed E-state index contributed by atoms with van der Waals surface area (Å²) in [7, 11) is 0. The summed E-state index contributed by atoms with van der Waals surface area (Å²) in [6.45, 7) is 6.15. The van der Waals surface area contributed by atoms with Crippen LogP contribution in [0.25, 0.3) is 11.1 Å². The van der Waals surface area contributed by atoms with Gasteiger partial charge in [-0.1, -0.05) is 24.3 Å². The fourth-order valence-corrected chi connectivity index (χ4v) is 4.55. The van der Waals surface area contributed by atoms with Gasteiger partial charge in [0.15, 0.2) is 0 Å². The first-order chi connectivity index (χ1) is 15.1. The summed E-state index contributed by atoms with van der Waals surface area (Å²) >= 11 is 0. The molecule has 2 aliphatic rings. The van der Waals surface area contributed by atoms with Crippen LogP contribution >= 0.6 is 0 Å². The van der Waals surface area contributed by atoms with Gasteiger partial charge in [-0.3, -0.25) is 4.79 Å². The van der Waals surface area contributed by atoms with Crippen LogP contribution in [0.3, 0.4) is 0 Å². The molecule has 1 fully saturated rings. The number of aromatic nitrogens is 2. The molecule has 5 nitrogen and oxygen atoms in total. The molecule has 31 heavy (non-hydrogen) atoms. The number of anilines is 2. The highest BCUT2D eigenvalue weighted by Gasteiger charge is 2.52. The lowest BCUT2D eigenvalue weighted by atomic mass is 9.97. The van der Waals surface area contributed by atoms with Crippen LogP contribution in [0.2, 0.25) is 0 Å². The Bertz CT molecular complexity index is 1140. The summed E-state index contributed by atoms with van der Waals surface area (Å²) < 4.78 is 14.1. The van der Waals surface area contributed by atoms with Crippen molar-refractivity contribution in [2.75, 3.05) is 24.5 Å². The predicted molar refractivity (Wildman–Crippen MR) is 119 cm³/mol. The molecule has 5 rings (SSSR count). The van der Waals surface area contributed by atoms with Gasteiger partial charge in [0.05, 0.1) is 0 Å². The third-order valence-corrected chi connectivity index (χ3v) is 6.54. The Morgan fingerprint density at radius 2 is 1.81 bits per heavy atom. The summed E-state index contributed by atoms with van der Waals surface area (Å²) in [5.41, 5.74) is 4.24. The van der Waals surface area contributed by atoms with Crippen molar-refractivity contribution in [3.05, 3.63) is 71.8 Å². The largest absolute Gasteiger partial charge is 0.339 e. The average Bonchev–Trinajstić information content (AvgIpc) is 3.51. The molecule has 0 bridgehead atoms. The molecule has 6 heteroatoms. The molecule has 0 radical (unpaired) electrons. The van der Waals surface area contributed by atoms with Crippen molar-refractivity contribution in [1.82, 2.24) is 14.9 Å². The monoisotopic (exact) mass is 416 g/mol. The average molecular weight is 417 g/mol. The lowest BCUT2D eigenvalue weighted by molar-refractivity contribution is 0.0773. The fraction of sp³-hybridized carbons (Fsp3) is 0.320. The standard InChI is InChI=1S/C25H25FN4O/c1-3-29(4-2)23(31)17-9-10-20-22(13-17)30(16-25(20)11-12-25)24-27-14-18(15-28-24)19-7-5-6-8-21(19)26/h5-10,13-15H,3-4,11-12,16H2,1-2H3. The molecular weight excluding hydrogens is 391 g/mol. The molecule has 1 aliphatic heterocycles. The van der Waals surface area contributed by atoms with E-state index in [9.17, 15) is 9.18 Å². The van der Waals surface area contributed by atoms with Crippen molar-refractivity contribution in [3.63, 3.8) is 0 Å². The third kappa shape index (κ3) is 3.26. The van der Waals surface area contributed by atoms with E-state index in [1.54, 1.807) is 30.6 Å². The molecule has 158 valence electrons. The molecule has 1 spiro atoms. The molecule has 0 unspecified atom stereocenters. The molecule has 2 aromatic carbocycles. The zero-order chi connectivity index (χ0) is 21.6. The topological polar surface area (TPSA) is 49.3 Å². The van der Waals surface area contributed by atoms with E-state index >= 15 is 0 Å². The SMILES string of the molecule is CCN(CC)C(=O)c1ccc2c(c1)N(c1ncc(-c3ccccc3F)cn1)CC21CC1. The summed E-state index contributed by atoms with van der Waals surface area (Å²) in [6, 6.07) is 12.7. The first kappa shape index (κ1) is 19.7. The Balaban J connectivity index is 1.50. The minimum Gasteiger partial charge on any atom is -0.339 e. The number of carbonyl (C=O) groups is 1. The minimum atomic E-state index is -0.290. The van der Waals surface area contributed by atoms with Crippen LogP contribution in [-0.2, 0) is 5.41 Å². The zero-order valence-corrected chi connectivity index (χ0v) is 17.8. The van der Waals surface area contributed by atoms with Gasteiger partial charge in [0.1, 0.15) is 5.82 Å². The Kier molecular flexibility index (Phi) is 4.73. The van der Waals surface area contributed by atoms with Crippen LogP contribution in [0.15, 0.2) is 54.9 Å². The molecule has 2 heterocycles. The second kappa shape index (κ2) is 7.45. The summed E-state index contributed by atoms with van der Waals surface area (Å²) in [5, 5.41) is 0. The van der Waals surface area contributed by atoms with Gasteiger partial charge in [-0.05, 0) is 50.5 Å². The second-order valence-electron chi connectivity index (χ2n) is 8.33. The van der Waals surface area contributed by atoms with E-state index in [0.29, 0.717) is 35.7 Å². The Morgan fingerprint density at radius 3 is 2.45 bits per heavy atom. The molecule has 3 aromatic rings. The number of amides is 1. The summed E-state index contributed by atoms with van der Waals surface area (Å²) in [6.07, 6.45) is 5.60. The highest BCUT2D eigenvalue weighted by molar-refractivity contribution is 5.96. The third-order valence-electron chi connectivity index (χ3n) is 6.54. The number of rotatable bonds is 5. The normalized spacial score (nSPS) is 15.8. The van der Waals surface area contributed by atoms with Crippen molar-refractivity contribution in [3.8, 4) is 11.1 Å². The van der Waals surface area contributed by atoms with Crippen LogP contribution in [0.5, 0.6) is 0 Å². The predicted octanol–water partition coefficient (Wildman–Crippen LogP) is 4.95. The summed E-state index contributed by atoms with van der Waals surface area (Å²) in [4.78, 5) is 26.0. The van der Waals surface area contributed by atoms with Crippen molar-refractivity contribution in [2.45, 2.75) is 32.1 Å². The van der Waals surface area contributed by atoms with Gasteiger partial charge in [0.2, 0.25) is 5.95 Å². The first-order valence-electron chi connectivity index (χ1n) is 10.8. The zero-order valence-electron chi connectivity index (χ0n) is 17.8. The number of carbonyl (C=O) groups excluding carboxylic acids is 1. The maximum Gasteiger partial charge on any atom is 0.253 e. The Labute approximate surface area is 181 Å². The van der Waals surface area contributed by atoms with E-state index in [2.05, 4.69) is 20.9 Å². The van der Waals surface area contributed by atoms with E-state index in [1.807, 2.05) is 30.9 Å². The molecule has 1 amide bonds. The van der Waals surface area contributed by atoms with Gasteiger partial charge in [-0.15, -0.1) is 0 Å². The van der Waals surface area contributed by atoms with Gasteiger partial charge in [0, 0.05) is 59.8 Å². The van der Waals surface area contributed by atoms with Gasteiger partial charge in [-0.2, -0.15) is 0 Å².